The van der Waals surface area contributed by atoms with Crippen molar-refractivity contribution in [3.05, 3.63) is 53.4 Å². The van der Waals surface area contributed by atoms with E-state index in [9.17, 15) is 4.39 Å². The number of rotatable bonds is 6. The first-order valence-electron chi connectivity index (χ1n) is 7.04. The SMILES string of the molecule is CCNC(C)c1cnc(CSc2cccc(F)c2)nc1C. The third-order valence-corrected chi connectivity index (χ3v) is 4.20. The van der Waals surface area contributed by atoms with Gasteiger partial charge in [-0.25, -0.2) is 14.4 Å². The molecule has 1 N–H and O–H groups in total. The van der Waals surface area contributed by atoms with Gasteiger partial charge in [0.05, 0.1) is 5.75 Å². The van der Waals surface area contributed by atoms with Crippen LogP contribution in [0.3, 0.4) is 0 Å². The molecular weight excluding hydrogens is 285 g/mol. The quantitative estimate of drug-likeness (QED) is 0.822. The molecule has 0 aliphatic rings. The predicted molar refractivity (Wildman–Crippen MR) is 84.8 cm³/mol. The van der Waals surface area contributed by atoms with Gasteiger partial charge in [-0.1, -0.05) is 13.0 Å². The average molecular weight is 305 g/mol. The van der Waals surface area contributed by atoms with Crippen molar-refractivity contribution in [3.63, 3.8) is 0 Å². The molecule has 1 heterocycles. The Bertz CT molecular complexity index is 604. The predicted octanol–water partition coefficient (Wildman–Crippen LogP) is 3.89. The number of aryl methyl sites for hydroxylation is 1. The molecule has 0 saturated carbocycles. The Balaban J connectivity index is 2.03. The van der Waals surface area contributed by atoms with E-state index in [1.165, 1.54) is 12.1 Å². The number of thioether (sulfide) groups is 1. The zero-order valence-electron chi connectivity index (χ0n) is 12.6. The summed E-state index contributed by atoms with van der Waals surface area (Å²) in [5.41, 5.74) is 2.12. The molecule has 1 aromatic heterocycles. The van der Waals surface area contributed by atoms with Crippen LogP contribution in [0.5, 0.6) is 0 Å². The lowest BCUT2D eigenvalue weighted by atomic mass is 10.1. The van der Waals surface area contributed by atoms with Gasteiger partial charge in [0.25, 0.3) is 0 Å². The van der Waals surface area contributed by atoms with Crippen LogP contribution in [0.1, 0.15) is 37.0 Å². The molecule has 5 heteroatoms. The van der Waals surface area contributed by atoms with E-state index in [1.54, 1.807) is 17.8 Å². The molecule has 0 spiro atoms. The summed E-state index contributed by atoms with van der Waals surface area (Å²) in [6.07, 6.45) is 1.89. The van der Waals surface area contributed by atoms with Crippen LogP contribution in [0.2, 0.25) is 0 Å². The molecule has 0 fully saturated rings. The maximum atomic E-state index is 13.1. The Morgan fingerprint density at radius 3 is 2.86 bits per heavy atom. The standard InChI is InChI=1S/C16H20FN3S/c1-4-18-11(2)15-9-19-16(20-12(15)3)10-21-14-7-5-6-13(17)8-14/h5-9,11,18H,4,10H2,1-3H3. The molecule has 1 atom stereocenters. The van der Waals surface area contributed by atoms with Crippen molar-refractivity contribution in [1.82, 2.24) is 15.3 Å². The van der Waals surface area contributed by atoms with Crippen LogP contribution < -0.4 is 5.32 Å². The largest absolute Gasteiger partial charge is 0.310 e. The highest BCUT2D eigenvalue weighted by Crippen LogP contribution is 2.23. The Morgan fingerprint density at radius 2 is 2.19 bits per heavy atom. The molecule has 0 amide bonds. The van der Waals surface area contributed by atoms with Crippen LogP contribution in [-0.4, -0.2) is 16.5 Å². The first-order valence-corrected chi connectivity index (χ1v) is 8.03. The molecule has 21 heavy (non-hydrogen) atoms. The summed E-state index contributed by atoms with van der Waals surface area (Å²) in [4.78, 5) is 9.85. The highest BCUT2D eigenvalue weighted by molar-refractivity contribution is 7.98. The van der Waals surface area contributed by atoms with Crippen LogP contribution in [0.4, 0.5) is 4.39 Å². The third kappa shape index (κ3) is 4.51. The summed E-state index contributed by atoms with van der Waals surface area (Å²) in [6, 6.07) is 6.83. The van der Waals surface area contributed by atoms with Gasteiger partial charge in [-0.2, -0.15) is 0 Å². The van der Waals surface area contributed by atoms with Gasteiger partial charge in [0.1, 0.15) is 11.6 Å². The Labute approximate surface area is 129 Å². The molecule has 0 bridgehead atoms. The Kier molecular flexibility index (Phi) is 5.70. The van der Waals surface area contributed by atoms with Crippen molar-refractivity contribution in [3.8, 4) is 0 Å². The van der Waals surface area contributed by atoms with Gasteiger partial charge in [-0.15, -0.1) is 11.8 Å². The minimum absolute atomic E-state index is 0.216. The van der Waals surface area contributed by atoms with E-state index in [4.69, 9.17) is 0 Å². The third-order valence-electron chi connectivity index (χ3n) is 3.21. The first-order chi connectivity index (χ1) is 10.1. The summed E-state index contributed by atoms with van der Waals surface area (Å²) in [7, 11) is 0. The summed E-state index contributed by atoms with van der Waals surface area (Å²) in [5.74, 6) is 1.20. The fraction of sp³-hybridized carbons (Fsp3) is 0.375. The molecule has 1 unspecified atom stereocenters. The van der Waals surface area contributed by atoms with E-state index < -0.39 is 0 Å². The van der Waals surface area contributed by atoms with Crippen LogP contribution in [0, 0.1) is 12.7 Å². The number of nitrogens with zero attached hydrogens (tertiary/aromatic N) is 2. The minimum atomic E-state index is -0.216. The Hall–Kier alpha value is -1.46. The molecule has 0 saturated heterocycles. The lowest BCUT2D eigenvalue weighted by Crippen LogP contribution is -2.19. The lowest BCUT2D eigenvalue weighted by molar-refractivity contribution is 0.589. The highest BCUT2D eigenvalue weighted by atomic mass is 32.2. The van der Waals surface area contributed by atoms with E-state index in [2.05, 4.69) is 29.1 Å². The second-order valence-electron chi connectivity index (χ2n) is 4.85. The molecule has 3 nitrogen and oxygen atoms in total. The molecule has 0 aliphatic carbocycles. The highest BCUT2D eigenvalue weighted by Gasteiger charge is 2.10. The van der Waals surface area contributed by atoms with Crippen molar-refractivity contribution in [1.29, 1.82) is 0 Å². The number of aromatic nitrogens is 2. The van der Waals surface area contributed by atoms with Gasteiger partial charge in [0.2, 0.25) is 0 Å². The van der Waals surface area contributed by atoms with E-state index in [-0.39, 0.29) is 11.9 Å². The van der Waals surface area contributed by atoms with Crippen molar-refractivity contribution in [2.24, 2.45) is 0 Å². The van der Waals surface area contributed by atoms with Crippen molar-refractivity contribution in [2.75, 3.05) is 6.54 Å². The van der Waals surface area contributed by atoms with E-state index in [1.807, 2.05) is 19.2 Å². The van der Waals surface area contributed by atoms with E-state index in [0.29, 0.717) is 5.75 Å². The molecule has 0 radical (unpaired) electrons. The zero-order chi connectivity index (χ0) is 15.2. The van der Waals surface area contributed by atoms with Gasteiger partial charge in [0, 0.05) is 28.4 Å². The van der Waals surface area contributed by atoms with Crippen LogP contribution in [-0.2, 0) is 5.75 Å². The fourth-order valence-electron chi connectivity index (χ4n) is 2.14. The summed E-state index contributed by atoms with van der Waals surface area (Å²) in [6.45, 7) is 7.10. The molecule has 1 aromatic carbocycles. The van der Waals surface area contributed by atoms with Crippen LogP contribution >= 0.6 is 11.8 Å². The lowest BCUT2D eigenvalue weighted by Gasteiger charge is -2.14. The monoisotopic (exact) mass is 305 g/mol. The van der Waals surface area contributed by atoms with Crippen molar-refractivity contribution < 1.29 is 4.39 Å². The maximum absolute atomic E-state index is 13.1. The van der Waals surface area contributed by atoms with Crippen LogP contribution in [0.15, 0.2) is 35.4 Å². The zero-order valence-corrected chi connectivity index (χ0v) is 13.4. The molecule has 112 valence electrons. The van der Waals surface area contributed by atoms with E-state index in [0.717, 1.165) is 28.5 Å². The van der Waals surface area contributed by atoms with Crippen molar-refractivity contribution >= 4 is 11.8 Å². The van der Waals surface area contributed by atoms with Crippen LogP contribution in [0.25, 0.3) is 0 Å². The first kappa shape index (κ1) is 15.9. The average Bonchev–Trinajstić information content (AvgIpc) is 2.45. The topological polar surface area (TPSA) is 37.8 Å². The second-order valence-corrected chi connectivity index (χ2v) is 5.90. The Morgan fingerprint density at radius 1 is 1.38 bits per heavy atom. The summed E-state index contributed by atoms with van der Waals surface area (Å²) >= 11 is 1.54. The smallest absolute Gasteiger partial charge is 0.138 e. The number of benzene rings is 1. The molecular formula is C16H20FN3S. The molecule has 2 aromatic rings. The number of hydrogen-bond donors (Lipinski definition) is 1. The minimum Gasteiger partial charge on any atom is -0.310 e. The second kappa shape index (κ2) is 7.52. The van der Waals surface area contributed by atoms with Gasteiger partial charge in [-0.3, -0.25) is 0 Å². The van der Waals surface area contributed by atoms with Gasteiger partial charge >= 0.3 is 0 Å². The maximum Gasteiger partial charge on any atom is 0.138 e. The van der Waals surface area contributed by atoms with E-state index >= 15 is 0 Å². The molecule has 0 aliphatic heterocycles. The molecule has 2 rings (SSSR count). The normalized spacial score (nSPS) is 12.4. The fourth-order valence-corrected chi connectivity index (χ4v) is 2.95. The van der Waals surface area contributed by atoms with Crippen molar-refractivity contribution in [2.45, 2.75) is 37.5 Å². The summed E-state index contributed by atoms with van der Waals surface area (Å²) < 4.78 is 13.1. The number of hydrogen-bond acceptors (Lipinski definition) is 4. The van der Waals surface area contributed by atoms with Gasteiger partial charge in [0.15, 0.2) is 0 Å². The van der Waals surface area contributed by atoms with Gasteiger partial charge < -0.3 is 5.32 Å². The number of nitrogens with one attached hydrogen (secondary N) is 1. The number of halogens is 1. The summed E-state index contributed by atoms with van der Waals surface area (Å²) in [5, 5.41) is 3.36. The van der Waals surface area contributed by atoms with Gasteiger partial charge in [-0.05, 0) is 38.6 Å².